The van der Waals surface area contributed by atoms with Crippen molar-refractivity contribution in [3.8, 4) is 0 Å². The van der Waals surface area contributed by atoms with Crippen molar-refractivity contribution in [2.75, 3.05) is 77.4 Å². The van der Waals surface area contributed by atoms with E-state index in [2.05, 4.69) is 64.8 Å². The number of benzene rings is 1. The van der Waals surface area contributed by atoms with Crippen LogP contribution in [-0.4, -0.2) is 97.0 Å². The number of thiocarbonyl (C=S) groups is 1. The molecule has 0 amide bonds. The number of aromatic nitrogens is 1. The maximum atomic E-state index is 5.75. The Hall–Kier alpha value is -1.60. The predicted molar refractivity (Wildman–Crippen MR) is 140 cm³/mol. The molecule has 0 saturated carbocycles. The third-order valence-electron chi connectivity index (χ3n) is 7.14. The summed E-state index contributed by atoms with van der Waals surface area (Å²) in [6, 6.07) is 8.99. The quantitative estimate of drug-likeness (QED) is 0.567. The van der Waals surface area contributed by atoms with Crippen LogP contribution in [0.2, 0.25) is 0 Å². The highest BCUT2D eigenvalue weighted by molar-refractivity contribution is 7.80. The van der Waals surface area contributed by atoms with Gasteiger partial charge in [-0.25, -0.2) is 4.98 Å². The summed E-state index contributed by atoms with van der Waals surface area (Å²) in [7, 11) is 2.21. The highest BCUT2D eigenvalue weighted by Gasteiger charge is 2.18. The Morgan fingerprint density at radius 3 is 2.41 bits per heavy atom. The SMILES string of the molecule is CCN1CCN(c2cc(C)c3cc(CC(=S)CCCN4CCN(C)CC4)ccc3n2)CC1. The van der Waals surface area contributed by atoms with E-state index >= 15 is 0 Å². The van der Waals surface area contributed by atoms with Gasteiger partial charge >= 0.3 is 0 Å². The van der Waals surface area contributed by atoms with Crippen molar-refractivity contribution in [3.63, 3.8) is 0 Å². The van der Waals surface area contributed by atoms with Gasteiger partial charge < -0.3 is 19.6 Å². The minimum Gasteiger partial charge on any atom is -0.354 e. The lowest BCUT2D eigenvalue weighted by atomic mass is 10.0. The molecule has 0 spiro atoms. The van der Waals surface area contributed by atoms with Gasteiger partial charge in [0, 0.05) is 64.2 Å². The smallest absolute Gasteiger partial charge is 0.129 e. The summed E-state index contributed by atoms with van der Waals surface area (Å²) < 4.78 is 0. The predicted octanol–water partition coefficient (Wildman–Crippen LogP) is 3.63. The van der Waals surface area contributed by atoms with Crippen molar-refractivity contribution in [2.24, 2.45) is 0 Å². The number of rotatable bonds is 8. The summed E-state index contributed by atoms with van der Waals surface area (Å²) in [5.74, 6) is 1.12. The average Bonchev–Trinajstić information content (AvgIpc) is 2.81. The maximum absolute atomic E-state index is 5.75. The number of nitrogens with zero attached hydrogens (tertiary/aromatic N) is 5. The third-order valence-corrected chi connectivity index (χ3v) is 7.49. The van der Waals surface area contributed by atoms with Crippen LogP contribution in [0.4, 0.5) is 5.82 Å². The molecule has 174 valence electrons. The van der Waals surface area contributed by atoms with Gasteiger partial charge in [-0.05, 0) is 74.1 Å². The van der Waals surface area contributed by atoms with E-state index in [0.29, 0.717) is 0 Å². The molecular weight excluding hydrogens is 414 g/mol. The molecule has 2 aliphatic rings. The molecule has 0 aliphatic carbocycles. The molecule has 0 N–H and O–H groups in total. The summed E-state index contributed by atoms with van der Waals surface area (Å²) in [5.41, 5.74) is 3.73. The maximum Gasteiger partial charge on any atom is 0.129 e. The van der Waals surface area contributed by atoms with Gasteiger partial charge in [0.1, 0.15) is 5.82 Å². The highest BCUT2D eigenvalue weighted by Crippen LogP contribution is 2.25. The van der Waals surface area contributed by atoms with Crippen LogP contribution in [0.5, 0.6) is 0 Å². The minimum absolute atomic E-state index is 0.897. The fourth-order valence-electron chi connectivity index (χ4n) is 4.88. The van der Waals surface area contributed by atoms with Gasteiger partial charge in [0.05, 0.1) is 5.52 Å². The molecule has 1 aromatic carbocycles. The molecule has 4 rings (SSSR count). The summed E-state index contributed by atoms with van der Waals surface area (Å²) in [5, 5.41) is 1.26. The number of pyridine rings is 1. The Bertz CT molecular complexity index is 914. The fourth-order valence-corrected chi connectivity index (χ4v) is 5.19. The molecule has 0 unspecified atom stereocenters. The summed E-state index contributed by atoms with van der Waals surface area (Å²) in [6.45, 7) is 15.9. The van der Waals surface area contributed by atoms with E-state index < -0.39 is 0 Å². The first kappa shape index (κ1) is 23.6. The number of anilines is 1. The van der Waals surface area contributed by atoms with Crippen molar-refractivity contribution in [1.82, 2.24) is 19.7 Å². The van der Waals surface area contributed by atoms with Crippen molar-refractivity contribution in [3.05, 3.63) is 35.4 Å². The van der Waals surface area contributed by atoms with Crippen LogP contribution in [0.3, 0.4) is 0 Å². The van der Waals surface area contributed by atoms with Gasteiger partial charge in [-0.2, -0.15) is 0 Å². The molecule has 2 saturated heterocycles. The topological polar surface area (TPSA) is 25.9 Å². The van der Waals surface area contributed by atoms with Gasteiger partial charge in [0.2, 0.25) is 0 Å². The number of hydrogen-bond donors (Lipinski definition) is 0. The van der Waals surface area contributed by atoms with Crippen LogP contribution in [0.1, 0.15) is 30.9 Å². The van der Waals surface area contributed by atoms with E-state index in [1.165, 1.54) is 60.5 Å². The Morgan fingerprint density at radius 1 is 0.969 bits per heavy atom. The lowest BCUT2D eigenvalue weighted by molar-refractivity contribution is 0.153. The number of aryl methyl sites for hydroxylation is 1. The molecular formula is C26H39N5S. The van der Waals surface area contributed by atoms with Crippen molar-refractivity contribution < 1.29 is 0 Å². The molecule has 0 atom stereocenters. The fraction of sp³-hybridized carbons (Fsp3) is 0.615. The lowest BCUT2D eigenvalue weighted by Crippen LogP contribution is -2.46. The first-order chi connectivity index (χ1) is 15.5. The van der Waals surface area contributed by atoms with Crippen LogP contribution in [0.25, 0.3) is 10.9 Å². The van der Waals surface area contributed by atoms with Crippen LogP contribution in [0.15, 0.2) is 24.3 Å². The lowest BCUT2D eigenvalue weighted by Gasteiger charge is -2.35. The van der Waals surface area contributed by atoms with Crippen LogP contribution in [0, 0.1) is 6.92 Å². The molecule has 2 aliphatic heterocycles. The largest absolute Gasteiger partial charge is 0.354 e. The molecule has 5 nitrogen and oxygen atoms in total. The van der Waals surface area contributed by atoms with E-state index in [1.807, 2.05) is 0 Å². The second kappa shape index (κ2) is 11.0. The standard InChI is InChI=1S/C26H39N5S/c1-4-29-14-16-31(17-15-29)26-18-21(2)24-20-22(7-8-25(24)27-26)19-23(32)6-5-9-30-12-10-28(3)11-13-30/h7-8,18,20H,4-6,9-17,19H2,1-3H3. The van der Waals surface area contributed by atoms with Crippen LogP contribution < -0.4 is 4.90 Å². The van der Waals surface area contributed by atoms with Crippen molar-refractivity contribution in [2.45, 2.75) is 33.1 Å². The average molecular weight is 454 g/mol. The number of hydrogen-bond acceptors (Lipinski definition) is 6. The first-order valence-electron chi connectivity index (χ1n) is 12.3. The van der Waals surface area contributed by atoms with E-state index in [9.17, 15) is 0 Å². The first-order valence-corrected chi connectivity index (χ1v) is 12.7. The molecule has 6 heteroatoms. The molecule has 0 bridgehead atoms. The Morgan fingerprint density at radius 2 is 1.69 bits per heavy atom. The molecule has 0 radical (unpaired) electrons. The van der Waals surface area contributed by atoms with E-state index in [0.717, 1.165) is 56.9 Å². The van der Waals surface area contributed by atoms with Gasteiger partial charge in [0.25, 0.3) is 0 Å². The zero-order chi connectivity index (χ0) is 22.5. The Kier molecular flexibility index (Phi) is 8.11. The van der Waals surface area contributed by atoms with Gasteiger partial charge in [-0.1, -0.05) is 25.2 Å². The molecule has 1 aromatic heterocycles. The van der Waals surface area contributed by atoms with Crippen LogP contribution in [-0.2, 0) is 6.42 Å². The third kappa shape index (κ3) is 6.04. The Labute approximate surface area is 199 Å². The normalized spacial score (nSPS) is 19.0. The van der Waals surface area contributed by atoms with E-state index in [4.69, 9.17) is 17.2 Å². The molecule has 2 aromatic rings. The van der Waals surface area contributed by atoms with E-state index in [-0.39, 0.29) is 0 Å². The number of likely N-dealkylation sites (N-methyl/N-ethyl adjacent to an activating group) is 2. The minimum atomic E-state index is 0.897. The molecule has 2 fully saturated rings. The second-order valence-electron chi connectivity index (χ2n) is 9.53. The highest BCUT2D eigenvalue weighted by atomic mass is 32.1. The monoisotopic (exact) mass is 453 g/mol. The van der Waals surface area contributed by atoms with Crippen LogP contribution >= 0.6 is 12.2 Å². The van der Waals surface area contributed by atoms with Gasteiger partial charge in [-0.15, -0.1) is 0 Å². The van der Waals surface area contributed by atoms with Gasteiger partial charge in [0.15, 0.2) is 0 Å². The summed E-state index contributed by atoms with van der Waals surface area (Å²) in [4.78, 5) is 16.1. The number of fused-ring (bicyclic) bond motifs is 1. The van der Waals surface area contributed by atoms with Gasteiger partial charge in [-0.3, -0.25) is 0 Å². The summed E-state index contributed by atoms with van der Waals surface area (Å²) in [6.07, 6.45) is 3.11. The zero-order valence-corrected chi connectivity index (χ0v) is 21.0. The van der Waals surface area contributed by atoms with E-state index in [1.54, 1.807) is 0 Å². The summed E-state index contributed by atoms with van der Waals surface area (Å²) >= 11 is 5.75. The molecule has 32 heavy (non-hydrogen) atoms. The molecule has 3 heterocycles. The van der Waals surface area contributed by atoms with Crippen molar-refractivity contribution in [1.29, 1.82) is 0 Å². The second-order valence-corrected chi connectivity index (χ2v) is 10.1. The zero-order valence-electron chi connectivity index (χ0n) is 20.1. The Balaban J connectivity index is 1.33. The van der Waals surface area contributed by atoms with Crippen molar-refractivity contribution >= 4 is 33.8 Å². The number of piperazine rings is 2.